The molecule has 0 saturated carbocycles. The van der Waals surface area contributed by atoms with Crippen LogP contribution in [0.2, 0.25) is 0 Å². The first-order valence-corrected chi connectivity index (χ1v) is 9.24. The van der Waals surface area contributed by atoms with E-state index in [9.17, 15) is 4.79 Å². The first kappa shape index (κ1) is 17.8. The van der Waals surface area contributed by atoms with Crippen LogP contribution in [0.5, 0.6) is 0 Å². The summed E-state index contributed by atoms with van der Waals surface area (Å²) >= 11 is 0. The van der Waals surface area contributed by atoms with Gasteiger partial charge in [0.15, 0.2) is 5.65 Å². The lowest BCUT2D eigenvalue weighted by Crippen LogP contribution is -2.26. The fourth-order valence-corrected chi connectivity index (χ4v) is 3.10. The number of rotatable bonds is 7. The van der Waals surface area contributed by atoms with Crippen LogP contribution in [0.15, 0.2) is 55.2 Å². The Balaban J connectivity index is 1.42. The van der Waals surface area contributed by atoms with Crippen molar-refractivity contribution in [1.29, 1.82) is 0 Å². The number of nitrogens with zero attached hydrogens (tertiary/aromatic N) is 6. The molecule has 1 aromatic carbocycles. The van der Waals surface area contributed by atoms with E-state index < -0.39 is 0 Å². The Kier molecular flexibility index (Phi) is 5.09. The van der Waals surface area contributed by atoms with Crippen molar-refractivity contribution in [3.63, 3.8) is 0 Å². The third kappa shape index (κ3) is 3.75. The van der Waals surface area contributed by atoms with Crippen molar-refractivity contribution in [3.8, 4) is 0 Å². The highest BCUT2D eigenvalue weighted by Crippen LogP contribution is 2.14. The van der Waals surface area contributed by atoms with Crippen LogP contribution >= 0.6 is 0 Å². The second-order valence-corrected chi connectivity index (χ2v) is 6.46. The number of imidazole rings is 1. The van der Waals surface area contributed by atoms with Gasteiger partial charge in [-0.25, -0.2) is 9.97 Å². The van der Waals surface area contributed by atoms with E-state index in [1.54, 1.807) is 24.9 Å². The minimum Gasteiger partial charge on any atom is -0.352 e. The number of hydrogen-bond acceptors (Lipinski definition) is 5. The van der Waals surface area contributed by atoms with Crippen molar-refractivity contribution in [3.05, 3.63) is 72.2 Å². The van der Waals surface area contributed by atoms with Crippen molar-refractivity contribution in [2.75, 3.05) is 6.54 Å². The van der Waals surface area contributed by atoms with Gasteiger partial charge in [-0.3, -0.25) is 4.79 Å². The number of pyridine rings is 1. The Morgan fingerprint density at radius 1 is 1.11 bits per heavy atom. The summed E-state index contributed by atoms with van der Waals surface area (Å²) in [6, 6.07) is 11.9. The van der Waals surface area contributed by atoms with Gasteiger partial charge in [-0.15, -0.1) is 10.2 Å². The van der Waals surface area contributed by atoms with E-state index in [2.05, 4.69) is 37.6 Å². The zero-order valence-electron chi connectivity index (χ0n) is 15.6. The van der Waals surface area contributed by atoms with Gasteiger partial charge in [-0.2, -0.15) is 0 Å². The summed E-state index contributed by atoms with van der Waals surface area (Å²) in [6.45, 7) is 4.01. The highest BCUT2D eigenvalue weighted by atomic mass is 16.1. The molecular weight excluding hydrogens is 354 g/mol. The zero-order valence-corrected chi connectivity index (χ0v) is 15.6. The van der Waals surface area contributed by atoms with Crippen LogP contribution < -0.4 is 5.32 Å². The molecule has 0 spiro atoms. The molecule has 0 aliphatic rings. The molecule has 1 amide bonds. The number of hydrogen-bond donors (Lipinski definition) is 1. The van der Waals surface area contributed by atoms with Gasteiger partial charge in [-0.1, -0.05) is 30.3 Å². The number of benzene rings is 1. The smallest absolute Gasteiger partial charge is 0.252 e. The molecule has 0 bridgehead atoms. The summed E-state index contributed by atoms with van der Waals surface area (Å²) in [4.78, 5) is 21.3. The van der Waals surface area contributed by atoms with Crippen molar-refractivity contribution < 1.29 is 4.79 Å². The molecule has 0 fully saturated rings. The number of carbonyl (C=O) groups is 1. The lowest BCUT2D eigenvalue weighted by atomic mass is 10.2. The van der Waals surface area contributed by atoms with Crippen LogP contribution in [-0.4, -0.2) is 41.8 Å². The maximum Gasteiger partial charge on any atom is 0.252 e. The number of amides is 1. The van der Waals surface area contributed by atoms with E-state index in [-0.39, 0.29) is 5.91 Å². The van der Waals surface area contributed by atoms with Gasteiger partial charge in [0.25, 0.3) is 5.91 Å². The Labute approximate surface area is 162 Å². The van der Waals surface area contributed by atoms with E-state index in [1.807, 2.05) is 34.3 Å². The number of fused-ring (bicyclic) bond motifs is 1. The van der Waals surface area contributed by atoms with Crippen LogP contribution in [0.1, 0.15) is 28.7 Å². The summed E-state index contributed by atoms with van der Waals surface area (Å²) in [7, 11) is 0. The van der Waals surface area contributed by atoms with E-state index in [0.29, 0.717) is 30.6 Å². The Morgan fingerprint density at radius 3 is 2.79 bits per heavy atom. The zero-order chi connectivity index (χ0) is 19.3. The SMILES string of the molecule is CCn1cnnc1CCNC(=O)c1cnc2c(c1)ncn2Cc1ccccc1. The number of aryl methyl sites for hydroxylation is 1. The first-order chi connectivity index (χ1) is 13.7. The molecule has 8 nitrogen and oxygen atoms in total. The van der Waals surface area contributed by atoms with Crippen LogP contribution in [0.25, 0.3) is 11.2 Å². The van der Waals surface area contributed by atoms with Crippen molar-refractivity contribution in [2.45, 2.75) is 26.4 Å². The number of nitrogens with one attached hydrogen (secondary N) is 1. The molecule has 3 heterocycles. The molecule has 142 valence electrons. The van der Waals surface area contributed by atoms with Gasteiger partial charge in [-0.05, 0) is 18.6 Å². The first-order valence-electron chi connectivity index (χ1n) is 9.24. The number of carbonyl (C=O) groups excluding carboxylic acids is 1. The Hall–Kier alpha value is -3.55. The summed E-state index contributed by atoms with van der Waals surface area (Å²) < 4.78 is 3.93. The van der Waals surface area contributed by atoms with Gasteiger partial charge in [0.2, 0.25) is 0 Å². The normalized spacial score (nSPS) is 11.0. The van der Waals surface area contributed by atoms with E-state index in [1.165, 1.54) is 5.56 Å². The second-order valence-electron chi connectivity index (χ2n) is 6.46. The van der Waals surface area contributed by atoms with E-state index in [0.717, 1.165) is 18.0 Å². The summed E-state index contributed by atoms with van der Waals surface area (Å²) in [5.41, 5.74) is 3.13. The third-order valence-corrected chi connectivity index (χ3v) is 4.58. The average molecular weight is 375 g/mol. The average Bonchev–Trinajstić information content (AvgIpc) is 3.35. The molecule has 28 heavy (non-hydrogen) atoms. The molecule has 0 aliphatic heterocycles. The lowest BCUT2D eigenvalue weighted by molar-refractivity contribution is 0.0953. The molecule has 0 atom stereocenters. The van der Waals surface area contributed by atoms with Crippen molar-refractivity contribution in [1.82, 2.24) is 34.6 Å². The van der Waals surface area contributed by atoms with Crippen molar-refractivity contribution >= 4 is 17.1 Å². The van der Waals surface area contributed by atoms with Gasteiger partial charge >= 0.3 is 0 Å². The minimum absolute atomic E-state index is 0.172. The molecule has 1 N–H and O–H groups in total. The molecule has 4 rings (SSSR count). The van der Waals surface area contributed by atoms with E-state index in [4.69, 9.17) is 0 Å². The highest BCUT2D eigenvalue weighted by Gasteiger charge is 2.11. The van der Waals surface area contributed by atoms with Crippen molar-refractivity contribution in [2.24, 2.45) is 0 Å². The topological polar surface area (TPSA) is 90.5 Å². The predicted octanol–water partition coefficient (Wildman–Crippen LogP) is 2.06. The maximum atomic E-state index is 12.4. The second kappa shape index (κ2) is 7.99. The van der Waals surface area contributed by atoms with Crippen LogP contribution in [0.4, 0.5) is 0 Å². The predicted molar refractivity (Wildman–Crippen MR) is 105 cm³/mol. The lowest BCUT2D eigenvalue weighted by Gasteiger charge is -2.07. The molecule has 0 saturated heterocycles. The van der Waals surface area contributed by atoms with Gasteiger partial charge in [0.05, 0.1) is 18.4 Å². The van der Waals surface area contributed by atoms with Crippen LogP contribution in [-0.2, 0) is 19.5 Å². The third-order valence-electron chi connectivity index (χ3n) is 4.58. The summed E-state index contributed by atoms with van der Waals surface area (Å²) in [6.07, 6.45) is 5.67. The monoisotopic (exact) mass is 375 g/mol. The Bertz CT molecular complexity index is 1080. The summed E-state index contributed by atoms with van der Waals surface area (Å²) in [5, 5.41) is 10.9. The minimum atomic E-state index is -0.172. The van der Waals surface area contributed by atoms with Crippen LogP contribution in [0, 0.1) is 0 Å². The maximum absolute atomic E-state index is 12.4. The molecule has 0 unspecified atom stereocenters. The molecule has 4 aromatic rings. The molecule has 0 aliphatic carbocycles. The van der Waals surface area contributed by atoms with Gasteiger partial charge in [0.1, 0.15) is 17.7 Å². The molecule has 8 heteroatoms. The number of aromatic nitrogens is 6. The highest BCUT2D eigenvalue weighted by molar-refractivity contribution is 5.96. The fourth-order valence-electron chi connectivity index (χ4n) is 3.10. The largest absolute Gasteiger partial charge is 0.352 e. The fraction of sp³-hybridized carbons (Fsp3) is 0.250. The molecular formula is C20H21N7O. The summed E-state index contributed by atoms with van der Waals surface area (Å²) in [5.74, 6) is 0.686. The standard InChI is InChI=1S/C20H21N7O/c1-2-26-14-24-25-18(26)8-9-21-20(28)16-10-17-19(22-11-16)27(13-23-17)12-15-6-4-3-5-7-15/h3-7,10-11,13-14H,2,8-9,12H2,1H3,(H,21,28). The van der Waals surface area contributed by atoms with Gasteiger partial charge in [0, 0.05) is 25.7 Å². The Morgan fingerprint density at radius 2 is 1.96 bits per heavy atom. The van der Waals surface area contributed by atoms with Crippen LogP contribution in [0.3, 0.4) is 0 Å². The van der Waals surface area contributed by atoms with E-state index >= 15 is 0 Å². The quantitative estimate of drug-likeness (QED) is 0.534. The van der Waals surface area contributed by atoms with Gasteiger partial charge < -0.3 is 14.5 Å². The molecule has 3 aromatic heterocycles. The molecule has 0 radical (unpaired) electrons.